The van der Waals surface area contributed by atoms with E-state index in [-0.39, 0.29) is 18.7 Å². The van der Waals surface area contributed by atoms with Gasteiger partial charge in [-0.1, -0.05) is 30.7 Å². The van der Waals surface area contributed by atoms with E-state index in [1.54, 1.807) is 24.3 Å². The van der Waals surface area contributed by atoms with Crippen LogP contribution in [0.1, 0.15) is 40.8 Å². The molecule has 0 bridgehead atoms. The summed E-state index contributed by atoms with van der Waals surface area (Å²) in [6, 6.07) is 7.86. The smallest absolute Gasteiger partial charge is 0.325 e. The number of ether oxygens (including phenoxy) is 2. The zero-order chi connectivity index (χ0) is 21.5. The van der Waals surface area contributed by atoms with Crippen molar-refractivity contribution in [1.82, 2.24) is 19.9 Å². The van der Waals surface area contributed by atoms with Crippen molar-refractivity contribution in [3.05, 3.63) is 57.0 Å². The van der Waals surface area contributed by atoms with Crippen LogP contribution in [0.4, 0.5) is 0 Å². The van der Waals surface area contributed by atoms with Crippen molar-refractivity contribution in [2.75, 3.05) is 13.7 Å². The Balaban J connectivity index is 1.55. The van der Waals surface area contributed by atoms with Crippen molar-refractivity contribution in [2.24, 2.45) is 0 Å². The van der Waals surface area contributed by atoms with Crippen LogP contribution in [0.2, 0.25) is 0 Å². The highest BCUT2D eigenvalue weighted by atomic mass is 32.1. The Labute approximate surface area is 176 Å². The molecule has 0 spiro atoms. The van der Waals surface area contributed by atoms with E-state index in [9.17, 15) is 14.4 Å². The van der Waals surface area contributed by atoms with E-state index in [0.717, 1.165) is 24.3 Å². The molecule has 30 heavy (non-hydrogen) atoms. The average molecular weight is 430 g/mol. The summed E-state index contributed by atoms with van der Waals surface area (Å²) >= 11 is 1.35. The van der Waals surface area contributed by atoms with Gasteiger partial charge in [0, 0.05) is 18.1 Å². The van der Waals surface area contributed by atoms with Crippen LogP contribution in [-0.4, -0.2) is 40.1 Å². The third-order valence-corrected chi connectivity index (χ3v) is 5.16. The minimum absolute atomic E-state index is 0.165. The van der Waals surface area contributed by atoms with Crippen molar-refractivity contribution < 1.29 is 19.1 Å². The monoisotopic (exact) mass is 430 g/mol. The van der Waals surface area contributed by atoms with Crippen molar-refractivity contribution in [2.45, 2.75) is 32.8 Å². The summed E-state index contributed by atoms with van der Waals surface area (Å²) in [5.74, 6) is -0.520. The van der Waals surface area contributed by atoms with Crippen molar-refractivity contribution >= 4 is 28.2 Å². The van der Waals surface area contributed by atoms with Gasteiger partial charge in [0.25, 0.3) is 11.5 Å². The summed E-state index contributed by atoms with van der Waals surface area (Å²) in [7, 11) is 1.50. The topological polar surface area (TPSA) is 112 Å². The Bertz CT molecular complexity index is 1110. The first-order valence-electron chi connectivity index (χ1n) is 9.46. The summed E-state index contributed by atoms with van der Waals surface area (Å²) in [5, 5.41) is 7.60. The minimum atomic E-state index is -0.638. The number of carbonyl (C=O) groups is 2. The number of carbonyl (C=O) groups excluding carboxylic acids is 2. The van der Waals surface area contributed by atoms with Crippen LogP contribution in [-0.2, 0) is 22.6 Å². The van der Waals surface area contributed by atoms with Gasteiger partial charge in [-0.15, -0.1) is 0 Å². The van der Waals surface area contributed by atoms with Gasteiger partial charge < -0.3 is 14.8 Å². The molecule has 158 valence electrons. The molecule has 0 radical (unpaired) electrons. The molecule has 1 amide bonds. The lowest BCUT2D eigenvalue weighted by molar-refractivity contribution is -0.143. The van der Waals surface area contributed by atoms with Crippen LogP contribution >= 0.6 is 11.3 Å². The number of nitrogens with zero attached hydrogens (tertiary/aromatic N) is 3. The number of benzene rings is 1. The van der Waals surface area contributed by atoms with Gasteiger partial charge in [-0.2, -0.15) is 9.61 Å². The van der Waals surface area contributed by atoms with E-state index in [1.807, 2.05) is 0 Å². The standard InChI is InChI=1S/C20H22N4O5S/c1-3-4-8-16-23-24-17(25)10-14(22-20(24)30-16)12-29-18(26)11-21-19(27)13-6-5-7-15(9-13)28-2/h5-7,9-10H,3-4,8,11-12H2,1-2H3,(H,21,27). The summed E-state index contributed by atoms with van der Waals surface area (Å²) in [5.41, 5.74) is 0.376. The predicted octanol–water partition coefficient (Wildman–Crippen LogP) is 1.98. The summed E-state index contributed by atoms with van der Waals surface area (Å²) in [6.07, 6.45) is 2.82. The third kappa shape index (κ3) is 5.41. The van der Waals surface area contributed by atoms with Gasteiger partial charge in [-0.3, -0.25) is 14.4 Å². The molecule has 2 heterocycles. The summed E-state index contributed by atoms with van der Waals surface area (Å²) in [4.78, 5) is 41.1. The zero-order valence-corrected chi connectivity index (χ0v) is 17.5. The predicted molar refractivity (Wildman–Crippen MR) is 111 cm³/mol. The van der Waals surface area contributed by atoms with Crippen molar-refractivity contribution in [1.29, 1.82) is 0 Å². The lowest BCUT2D eigenvalue weighted by Crippen LogP contribution is -2.30. The number of fused-ring (bicyclic) bond motifs is 1. The SMILES string of the molecule is CCCCc1nn2c(=O)cc(COC(=O)CNC(=O)c3cccc(OC)c3)nc2s1. The minimum Gasteiger partial charge on any atom is -0.497 e. The largest absolute Gasteiger partial charge is 0.497 e. The van der Waals surface area contributed by atoms with Gasteiger partial charge in [0.1, 0.15) is 23.9 Å². The van der Waals surface area contributed by atoms with Crippen LogP contribution in [0.3, 0.4) is 0 Å². The molecule has 3 rings (SSSR count). The fraction of sp³-hybridized carbons (Fsp3) is 0.350. The van der Waals surface area contributed by atoms with E-state index < -0.39 is 11.9 Å². The number of amides is 1. The van der Waals surface area contributed by atoms with Crippen molar-refractivity contribution in [3.8, 4) is 5.75 Å². The maximum Gasteiger partial charge on any atom is 0.325 e. The maximum atomic E-state index is 12.2. The van der Waals surface area contributed by atoms with E-state index in [0.29, 0.717) is 22.0 Å². The molecule has 2 aromatic heterocycles. The molecular formula is C20H22N4O5S. The number of nitrogens with one attached hydrogen (secondary N) is 1. The lowest BCUT2D eigenvalue weighted by atomic mass is 10.2. The normalized spacial score (nSPS) is 10.7. The van der Waals surface area contributed by atoms with Gasteiger partial charge in [0.15, 0.2) is 0 Å². The molecule has 1 N–H and O–H groups in total. The molecule has 9 nitrogen and oxygen atoms in total. The number of aromatic nitrogens is 3. The number of hydrogen-bond acceptors (Lipinski definition) is 8. The second kappa shape index (κ2) is 9.97. The molecule has 0 aliphatic rings. The van der Waals surface area contributed by atoms with E-state index >= 15 is 0 Å². The van der Waals surface area contributed by atoms with Crippen LogP contribution in [0.15, 0.2) is 35.1 Å². The van der Waals surface area contributed by atoms with Gasteiger partial charge >= 0.3 is 5.97 Å². The molecule has 0 fully saturated rings. The number of esters is 1. The second-order valence-electron chi connectivity index (χ2n) is 6.45. The molecule has 0 aliphatic heterocycles. The molecule has 0 unspecified atom stereocenters. The van der Waals surface area contributed by atoms with E-state index in [1.165, 1.54) is 29.0 Å². The van der Waals surface area contributed by atoms with Gasteiger partial charge in [-0.05, 0) is 24.6 Å². The summed E-state index contributed by atoms with van der Waals surface area (Å²) < 4.78 is 11.5. The number of unbranched alkanes of at least 4 members (excludes halogenated alkanes) is 1. The van der Waals surface area contributed by atoms with Crippen LogP contribution in [0.25, 0.3) is 4.96 Å². The molecule has 0 aliphatic carbocycles. The van der Waals surface area contributed by atoms with E-state index in [4.69, 9.17) is 9.47 Å². The van der Waals surface area contributed by atoms with Gasteiger partial charge in [0.2, 0.25) is 4.96 Å². The van der Waals surface area contributed by atoms with Gasteiger partial charge in [-0.25, -0.2) is 4.98 Å². The highest BCUT2D eigenvalue weighted by Crippen LogP contribution is 2.14. The molecule has 0 saturated carbocycles. The fourth-order valence-corrected chi connectivity index (χ4v) is 3.58. The Morgan fingerprint density at radius 3 is 2.87 bits per heavy atom. The van der Waals surface area contributed by atoms with E-state index in [2.05, 4.69) is 22.3 Å². The molecule has 0 atom stereocenters. The third-order valence-electron chi connectivity index (χ3n) is 4.19. The Hall–Kier alpha value is -3.27. The molecule has 10 heteroatoms. The Morgan fingerprint density at radius 2 is 2.10 bits per heavy atom. The number of hydrogen-bond donors (Lipinski definition) is 1. The Morgan fingerprint density at radius 1 is 1.27 bits per heavy atom. The first-order chi connectivity index (χ1) is 14.5. The highest BCUT2D eigenvalue weighted by Gasteiger charge is 2.12. The fourth-order valence-electron chi connectivity index (χ4n) is 2.62. The van der Waals surface area contributed by atoms with Crippen molar-refractivity contribution in [3.63, 3.8) is 0 Å². The zero-order valence-electron chi connectivity index (χ0n) is 16.7. The Kier molecular flexibility index (Phi) is 7.12. The highest BCUT2D eigenvalue weighted by molar-refractivity contribution is 7.16. The summed E-state index contributed by atoms with van der Waals surface area (Å²) in [6.45, 7) is 1.62. The second-order valence-corrected chi connectivity index (χ2v) is 7.50. The average Bonchev–Trinajstić information content (AvgIpc) is 3.18. The molecule has 0 saturated heterocycles. The lowest BCUT2D eigenvalue weighted by Gasteiger charge is -2.07. The number of aryl methyl sites for hydroxylation is 1. The first kappa shape index (κ1) is 21.4. The number of rotatable bonds is 9. The van der Waals surface area contributed by atoms with Gasteiger partial charge in [0.05, 0.1) is 12.8 Å². The first-order valence-corrected chi connectivity index (χ1v) is 10.3. The maximum absolute atomic E-state index is 12.2. The number of methoxy groups -OCH3 is 1. The molecule has 1 aromatic carbocycles. The van der Waals surface area contributed by atoms with Crippen LogP contribution < -0.4 is 15.6 Å². The quantitative estimate of drug-likeness (QED) is 0.517. The van der Waals surface area contributed by atoms with Crippen LogP contribution in [0.5, 0.6) is 5.75 Å². The van der Waals surface area contributed by atoms with Crippen LogP contribution in [0, 0.1) is 0 Å². The molecule has 3 aromatic rings. The molecular weight excluding hydrogens is 408 g/mol.